The molecule has 2 nitrogen and oxygen atoms in total. The van der Waals surface area contributed by atoms with Gasteiger partial charge in [-0.2, -0.15) is 0 Å². The lowest BCUT2D eigenvalue weighted by molar-refractivity contribution is 1.39. The molecule has 0 radical (unpaired) electrons. The highest BCUT2D eigenvalue weighted by molar-refractivity contribution is 9.10. The summed E-state index contributed by atoms with van der Waals surface area (Å²) in [6.45, 7) is 0. The highest BCUT2D eigenvalue weighted by Gasteiger charge is 2.04. The maximum atomic E-state index is 5.61. The van der Waals surface area contributed by atoms with E-state index in [9.17, 15) is 0 Å². The maximum Gasteiger partial charge on any atom is 0.180 e. The van der Waals surface area contributed by atoms with Gasteiger partial charge in [-0.15, -0.1) is 22.7 Å². The van der Waals surface area contributed by atoms with Crippen LogP contribution in [0.5, 0.6) is 0 Å². The van der Waals surface area contributed by atoms with E-state index in [2.05, 4.69) is 50.6 Å². The van der Waals surface area contributed by atoms with Gasteiger partial charge in [-0.25, -0.2) is 4.98 Å². The van der Waals surface area contributed by atoms with Gasteiger partial charge >= 0.3 is 0 Å². The molecule has 5 heteroatoms. The van der Waals surface area contributed by atoms with Crippen LogP contribution < -0.4 is 5.73 Å². The number of rotatable bonds is 2. The second kappa shape index (κ2) is 4.84. The number of halogens is 1. The van der Waals surface area contributed by atoms with Gasteiger partial charge in [0.2, 0.25) is 0 Å². The zero-order chi connectivity index (χ0) is 12.5. The number of nitrogens with two attached hydrogens (primary N) is 1. The van der Waals surface area contributed by atoms with Crippen molar-refractivity contribution in [1.82, 2.24) is 4.98 Å². The molecule has 90 valence electrons. The quantitative estimate of drug-likeness (QED) is 0.724. The largest absolute Gasteiger partial charge is 0.375 e. The van der Waals surface area contributed by atoms with Crippen molar-refractivity contribution < 1.29 is 0 Å². The lowest BCUT2D eigenvalue weighted by Crippen LogP contribution is -1.80. The summed E-state index contributed by atoms with van der Waals surface area (Å²) in [6, 6.07) is 6.25. The molecule has 18 heavy (non-hydrogen) atoms. The van der Waals surface area contributed by atoms with Gasteiger partial charge in [-0.05, 0) is 39.0 Å². The van der Waals surface area contributed by atoms with Crippen LogP contribution in [0.1, 0.15) is 11.3 Å². The number of thiophene rings is 1. The number of hydrogen-bond acceptors (Lipinski definition) is 4. The number of nitrogen functional groups attached to an aromatic ring is 1. The molecule has 0 aliphatic carbocycles. The van der Waals surface area contributed by atoms with Gasteiger partial charge in [0.05, 0.1) is 5.69 Å². The van der Waals surface area contributed by atoms with E-state index in [0.29, 0.717) is 5.13 Å². The van der Waals surface area contributed by atoms with E-state index >= 15 is 0 Å². The second-order valence-corrected chi connectivity index (χ2v) is 6.38. The van der Waals surface area contributed by atoms with E-state index in [1.807, 2.05) is 11.5 Å². The standard InChI is InChI=1S/C13H9BrN2S2/c14-11-3-1-2-10-8(6-17-12(10)11)4-5-9-7-18-13(15)16-9/h1-7H,(H2,15,16)/b5-4+. The molecular formula is C13H9BrN2S2. The minimum atomic E-state index is 0.604. The van der Waals surface area contributed by atoms with Crippen LogP contribution in [0.25, 0.3) is 22.2 Å². The van der Waals surface area contributed by atoms with E-state index in [1.165, 1.54) is 27.0 Å². The van der Waals surface area contributed by atoms with Gasteiger partial charge in [0.25, 0.3) is 0 Å². The average Bonchev–Trinajstić information content (AvgIpc) is 2.94. The molecule has 0 amide bonds. The van der Waals surface area contributed by atoms with Crippen molar-refractivity contribution in [2.24, 2.45) is 0 Å². The van der Waals surface area contributed by atoms with Crippen LogP contribution in [0.15, 0.2) is 33.4 Å². The van der Waals surface area contributed by atoms with Gasteiger partial charge in [0.15, 0.2) is 5.13 Å². The van der Waals surface area contributed by atoms with Crippen molar-refractivity contribution in [3.8, 4) is 0 Å². The molecule has 0 bridgehead atoms. The van der Waals surface area contributed by atoms with Gasteiger partial charge < -0.3 is 5.73 Å². The Morgan fingerprint density at radius 2 is 2.06 bits per heavy atom. The Balaban J connectivity index is 2.00. The zero-order valence-corrected chi connectivity index (χ0v) is 12.5. The number of nitrogens with zero attached hydrogens (tertiary/aromatic N) is 1. The van der Waals surface area contributed by atoms with Crippen molar-refractivity contribution >= 4 is 66.0 Å². The van der Waals surface area contributed by atoms with Crippen LogP contribution in [-0.4, -0.2) is 4.98 Å². The molecule has 0 fully saturated rings. The lowest BCUT2D eigenvalue weighted by Gasteiger charge is -1.94. The number of hydrogen-bond donors (Lipinski definition) is 1. The summed E-state index contributed by atoms with van der Waals surface area (Å²) >= 11 is 6.77. The first kappa shape index (κ1) is 11.9. The summed E-state index contributed by atoms with van der Waals surface area (Å²) in [5, 5.41) is 5.97. The van der Waals surface area contributed by atoms with Gasteiger partial charge in [0, 0.05) is 19.9 Å². The summed E-state index contributed by atoms with van der Waals surface area (Å²) in [7, 11) is 0. The molecular weight excluding hydrogens is 328 g/mol. The lowest BCUT2D eigenvalue weighted by atomic mass is 10.1. The van der Waals surface area contributed by atoms with Crippen LogP contribution in [0.3, 0.4) is 0 Å². The Morgan fingerprint density at radius 1 is 1.17 bits per heavy atom. The molecule has 0 aliphatic rings. The average molecular weight is 337 g/mol. The Bertz CT molecular complexity index is 728. The Labute approximate surface area is 121 Å². The smallest absolute Gasteiger partial charge is 0.180 e. The van der Waals surface area contributed by atoms with E-state index in [4.69, 9.17) is 5.73 Å². The number of benzene rings is 1. The maximum absolute atomic E-state index is 5.61. The number of anilines is 1. The molecule has 0 atom stereocenters. The SMILES string of the molecule is Nc1nc(/C=C/c2csc3c(Br)cccc23)cs1. The van der Waals surface area contributed by atoms with Gasteiger partial charge in [-0.3, -0.25) is 0 Å². The Kier molecular flexibility index (Phi) is 3.20. The minimum Gasteiger partial charge on any atom is -0.375 e. The van der Waals surface area contributed by atoms with Crippen LogP contribution >= 0.6 is 38.6 Å². The van der Waals surface area contributed by atoms with E-state index in [1.54, 1.807) is 11.3 Å². The monoisotopic (exact) mass is 336 g/mol. The molecule has 3 rings (SSSR count). The molecule has 2 aromatic heterocycles. The van der Waals surface area contributed by atoms with Crippen molar-refractivity contribution in [1.29, 1.82) is 0 Å². The van der Waals surface area contributed by atoms with Gasteiger partial charge in [-0.1, -0.05) is 18.2 Å². The number of thiazole rings is 1. The van der Waals surface area contributed by atoms with Crippen molar-refractivity contribution in [3.63, 3.8) is 0 Å². The zero-order valence-electron chi connectivity index (χ0n) is 9.26. The third-order valence-electron chi connectivity index (χ3n) is 2.56. The fraction of sp³-hybridized carbons (Fsp3) is 0. The van der Waals surface area contributed by atoms with Crippen LogP contribution in [0, 0.1) is 0 Å². The summed E-state index contributed by atoms with van der Waals surface area (Å²) in [5.74, 6) is 0. The second-order valence-electron chi connectivity index (χ2n) is 3.75. The molecule has 2 heterocycles. The topological polar surface area (TPSA) is 38.9 Å². The van der Waals surface area contributed by atoms with E-state index in [0.717, 1.165) is 10.2 Å². The molecule has 2 N–H and O–H groups in total. The van der Waals surface area contributed by atoms with E-state index < -0.39 is 0 Å². The molecule has 0 spiro atoms. The Hall–Kier alpha value is -1.17. The molecule has 0 saturated carbocycles. The summed E-state index contributed by atoms with van der Waals surface area (Å²) in [5.41, 5.74) is 7.73. The normalized spacial score (nSPS) is 11.6. The predicted octanol–water partition coefficient (Wildman–Crippen LogP) is 4.87. The molecule has 1 aromatic carbocycles. The van der Waals surface area contributed by atoms with Crippen LogP contribution in [0.2, 0.25) is 0 Å². The van der Waals surface area contributed by atoms with Crippen LogP contribution in [0.4, 0.5) is 5.13 Å². The first-order valence-electron chi connectivity index (χ1n) is 5.29. The van der Waals surface area contributed by atoms with Crippen LogP contribution in [-0.2, 0) is 0 Å². The first-order chi connectivity index (χ1) is 8.74. The Morgan fingerprint density at radius 3 is 2.83 bits per heavy atom. The first-order valence-corrected chi connectivity index (χ1v) is 7.84. The predicted molar refractivity (Wildman–Crippen MR) is 85.0 cm³/mol. The highest BCUT2D eigenvalue weighted by Crippen LogP contribution is 2.33. The third-order valence-corrected chi connectivity index (χ3v) is 5.22. The summed E-state index contributed by atoms with van der Waals surface area (Å²) in [4.78, 5) is 4.21. The summed E-state index contributed by atoms with van der Waals surface area (Å²) in [6.07, 6.45) is 4.08. The molecule has 3 aromatic rings. The van der Waals surface area contributed by atoms with Crippen molar-refractivity contribution in [3.05, 3.63) is 44.7 Å². The van der Waals surface area contributed by atoms with E-state index in [-0.39, 0.29) is 0 Å². The molecule has 0 aliphatic heterocycles. The van der Waals surface area contributed by atoms with Gasteiger partial charge in [0.1, 0.15) is 0 Å². The fourth-order valence-electron chi connectivity index (χ4n) is 1.72. The third kappa shape index (κ3) is 2.21. The summed E-state index contributed by atoms with van der Waals surface area (Å²) < 4.78 is 2.41. The van der Waals surface area contributed by atoms with Crippen molar-refractivity contribution in [2.75, 3.05) is 5.73 Å². The molecule has 0 unspecified atom stereocenters. The molecule has 0 saturated heterocycles. The van der Waals surface area contributed by atoms with Crippen molar-refractivity contribution in [2.45, 2.75) is 0 Å². The fourth-order valence-corrected chi connectivity index (χ4v) is 3.84. The highest BCUT2D eigenvalue weighted by atomic mass is 79.9. The number of fused-ring (bicyclic) bond motifs is 1. The minimum absolute atomic E-state index is 0.604. The number of aromatic nitrogens is 1.